The van der Waals surface area contributed by atoms with Crippen LogP contribution in [0.2, 0.25) is 5.02 Å². The first-order valence-corrected chi connectivity index (χ1v) is 11.3. The Morgan fingerprint density at radius 1 is 1.12 bits per heavy atom. The molecule has 33 heavy (non-hydrogen) atoms. The summed E-state index contributed by atoms with van der Waals surface area (Å²) in [5.41, 5.74) is 2.85. The molecule has 2 heterocycles. The largest absolute Gasteiger partial charge is 0.355 e. The van der Waals surface area contributed by atoms with Gasteiger partial charge < -0.3 is 20.1 Å². The van der Waals surface area contributed by atoms with Gasteiger partial charge in [0.05, 0.1) is 23.8 Å². The molecule has 0 spiro atoms. The molecule has 2 aromatic carbocycles. The number of halogens is 1. The van der Waals surface area contributed by atoms with E-state index in [1.54, 1.807) is 24.1 Å². The van der Waals surface area contributed by atoms with Crippen LogP contribution in [0, 0.1) is 13.8 Å². The van der Waals surface area contributed by atoms with Crippen LogP contribution in [0.5, 0.6) is 0 Å². The summed E-state index contributed by atoms with van der Waals surface area (Å²) in [6.07, 6.45) is 1.66. The first-order valence-electron chi connectivity index (χ1n) is 10.9. The smallest absolute Gasteiger partial charge is 0.322 e. The van der Waals surface area contributed by atoms with Crippen LogP contribution in [0.25, 0.3) is 0 Å². The summed E-state index contributed by atoms with van der Waals surface area (Å²) in [5.74, 6) is 1.30. The summed E-state index contributed by atoms with van der Waals surface area (Å²) in [5, 5.41) is 15.0. The number of rotatable bonds is 5. The third kappa shape index (κ3) is 4.71. The molecule has 1 aliphatic heterocycles. The molecule has 0 bridgehead atoms. The lowest BCUT2D eigenvalue weighted by atomic mass is 10.1. The Labute approximate surface area is 198 Å². The number of benzene rings is 2. The first kappa shape index (κ1) is 22.8. The van der Waals surface area contributed by atoms with Crippen molar-refractivity contribution in [1.82, 2.24) is 25.0 Å². The number of carbonyl (C=O) groups excluding carboxylic acids is 2. The van der Waals surface area contributed by atoms with Crippen LogP contribution < -0.4 is 10.6 Å². The fourth-order valence-corrected chi connectivity index (χ4v) is 4.35. The van der Waals surface area contributed by atoms with E-state index in [-0.39, 0.29) is 18.0 Å². The Balaban J connectivity index is 1.59. The van der Waals surface area contributed by atoms with Crippen molar-refractivity contribution in [1.29, 1.82) is 0 Å². The third-order valence-corrected chi connectivity index (χ3v) is 6.26. The van der Waals surface area contributed by atoms with Gasteiger partial charge in [0, 0.05) is 18.6 Å². The van der Waals surface area contributed by atoms with E-state index in [1.165, 1.54) is 0 Å². The predicted octanol–water partition coefficient (Wildman–Crippen LogP) is 4.33. The standard InChI is InChI=1S/C24H27ClN6O2/c1-15-6-4-7-19(23(32)26-3)21(15)27-24(33)30-13-5-8-20(30)22-29-28-16(2)31(22)14-17-9-11-18(25)12-10-17/h4,6-7,9-12,20H,5,8,13-14H2,1-3H3,(H,26,32)(H,27,33)/t20-/m1/s1. The highest BCUT2D eigenvalue weighted by molar-refractivity contribution is 6.30. The number of likely N-dealkylation sites (tertiary alicyclic amines) is 1. The minimum absolute atomic E-state index is 0.203. The number of para-hydroxylation sites is 1. The maximum Gasteiger partial charge on any atom is 0.322 e. The number of nitrogens with one attached hydrogen (secondary N) is 2. The molecule has 1 saturated heterocycles. The van der Waals surface area contributed by atoms with Crippen molar-refractivity contribution in [2.45, 2.75) is 39.3 Å². The van der Waals surface area contributed by atoms with E-state index in [1.807, 2.05) is 48.7 Å². The number of hydrogen-bond acceptors (Lipinski definition) is 4. The van der Waals surface area contributed by atoms with E-state index in [0.29, 0.717) is 29.4 Å². The van der Waals surface area contributed by atoms with Crippen LogP contribution in [0.4, 0.5) is 10.5 Å². The summed E-state index contributed by atoms with van der Waals surface area (Å²) in [6, 6.07) is 12.6. The van der Waals surface area contributed by atoms with E-state index >= 15 is 0 Å². The van der Waals surface area contributed by atoms with Gasteiger partial charge in [-0.15, -0.1) is 10.2 Å². The number of carbonyl (C=O) groups is 2. The molecule has 172 valence electrons. The summed E-state index contributed by atoms with van der Waals surface area (Å²) < 4.78 is 2.04. The van der Waals surface area contributed by atoms with Crippen LogP contribution in [0.15, 0.2) is 42.5 Å². The molecule has 4 rings (SSSR count). The summed E-state index contributed by atoms with van der Waals surface area (Å²) >= 11 is 6.02. The molecule has 0 unspecified atom stereocenters. The monoisotopic (exact) mass is 466 g/mol. The zero-order valence-corrected chi connectivity index (χ0v) is 19.7. The van der Waals surface area contributed by atoms with E-state index in [2.05, 4.69) is 20.8 Å². The zero-order chi connectivity index (χ0) is 23.5. The van der Waals surface area contributed by atoms with Gasteiger partial charge in [0.25, 0.3) is 5.91 Å². The second-order valence-corrected chi connectivity index (χ2v) is 8.61. The molecular formula is C24H27ClN6O2. The van der Waals surface area contributed by atoms with E-state index < -0.39 is 0 Å². The van der Waals surface area contributed by atoms with Crippen molar-refractivity contribution in [2.24, 2.45) is 0 Å². The van der Waals surface area contributed by atoms with Gasteiger partial charge in [-0.25, -0.2) is 4.79 Å². The number of nitrogens with zero attached hydrogens (tertiary/aromatic N) is 4. The maximum atomic E-state index is 13.3. The predicted molar refractivity (Wildman–Crippen MR) is 128 cm³/mol. The minimum atomic E-state index is -0.254. The van der Waals surface area contributed by atoms with Gasteiger partial charge >= 0.3 is 6.03 Å². The van der Waals surface area contributed by atoms with Gasteiger partial charge in [0.15, 0.2) is 5.82 Å². The second-order valence-electron chi connectivity index (χ2n) is 8.18. The zero-order valence-electron chi connectivity index (χ0n) is 18.9. The Morgan fingerprint density at radius 3 is 2.61 bits per heavy atom. The molecule has 0 radical (unpaired) electrons. The van der Waals surface area contributed by atoms with Gasteiger partial charge in [-0.05, 0) is 56.0 Å². The molecular weight excluding hydrogens is 440 g/mol. The highest BCUT2D eigenvalue weighted by atomic mass is 35.5. The topological polar surface area (TPSA) is 92.2 Å². The van der Waals surface area contributed by atoms with Crippen molar-refractivity contribution < 1.29 is 9.59 Å². The minimum Gasteiger partial charge on any atom is -0.355 e. The van der Waals surface area contributed by atoms with Crippen molar-refractivity contribution >= 4 is 29.2 Å². The molecule has 0 aliphatic carbocycles. The average Bonchev–Trinajstić information content (AvgIpc) is 3.43. The molecule has 3 aromatic rings. The summed E-state index contributed by atoms with van der Waals surface area (Å²) in [6.45, 7) is 4.98. The Hall–Kier alpha value is -3.39. The summed E-state index contributed by atoms with van der Waals surface area (Å²) in [4.78, 5) is 27.4. The Kier molecular flexibility index (Phi) is 6.65. The lowest BCUT2D eigenvalue weighted by molar-refractivity contribution is 0.0964. The van der Waals surface area contributed by atoms with Gasteiger partial charge in [-0.3, -0.25) is 4.79 Å². The molecule has 1 aliphatic rings. The molecule has 2 N–H and O–H groups in total. The Bertz CT molecular complexity index is 1170. The van der Waals surface area contributed by atoms with Gasteiger partial charge in [0.2, 0.25) is 0 Å². The SMILES string of the molecule is CNC(=O)c1cccc(C)c1NC(=O)N1CCC[C@@H]1c1nnc(C)n1Cc1ccc(Cl)cc1. The number of aryl methyl sites for hydroxylation is 2. The van der Waals surface area contributed by atoms with Gasteiger partial charge in [-0.2, -0.15) is 0 Å². The number of aromatic nitrogens is 3. The molecule has 1 fully saturated rings. The second kappa shape index (κ2) is 9.62. The normalized spacial score (nSPS) is 15.5. The van der Waals surface area contributed by atoms with Gasteiger partial charge in [0.1, 0.15) is 5.82 Å². The van der Waals surface area contributed by atoms with E-state index in [0.717, 1.165) is 35.6 Å². The highest BCUT2D eigenvalue weighted by Crippen LogP contribution is 2.33. The average molecular weight is 467 g/mol. The van der Waals surface area contributed by atoms with Crippen LogP contribution >= 0.6 is 11.6 Å². The van der Waals surface area contributed by atoms with E-state index in [4.69, 9.17) is 11.6 Å². The fourth-order valence-electron chi connectivity index (χ4n) is 4.23. The molecule has 1 aromatic heterocycles. The number of urea groups is 1. The summed E-state index contributed by atoms with van der Waals surface area (Å²) in [7, 11) is 1.57. The van der Waals surface area contributed by atoms with Crippen molar-refractivity contribution in [3.8, 4) is 0 Å². The lowest BCUT2D eigenvalue weighted by Crippen LogP contribution is -2.36. The molecule has 1 atom stereocenters. The highest BCUT2D eigenvalue weighted by Gasteiger charge is 2.34. The maximum absolute atomic E-state index is 13.3. The Morgan fingerprint density at radius 2 is 1.88 bits per heavy atom. The molecule has 3 amide bonds. The van der Waals surface area contributed by atoms with Crippen LogP contribution in [-0.2, 0) is 6.54 Å². The molecule has 9 heteroatoms. The van der Waals surface area contributed by atoms with Crippen molar-refractivity contribution in [3.05, 3.63) is 75.8 Å². The quantitative estimate of drug-likeness (QED) is 0.585. The number of amides is 3. The number of hydrogen-bond donors (Lipinski definition) is 2. The molecule has 8 nitrogen and oxygen atoms in total. The van der Waals surface area contributed by atoms with Crippen molar-refractivity contribution in [3.63, 3.8) is 0 Å². The molecule has 0 saturated carbocycles. The van der Waals surface area contributed by atoms with Crippen LogP contribution in [0.3, 0.4) is 0 Å². The van der Waals surface area contributed by atoms with Gasteiger partial charge in [-0.1, -0.05) is 35.9 Å². The van der Waals surface area contributed by atoms with Crippen LogP contribution in [-0.4, -0.2) is 45.2 Å². The number of anilines is 1. The fraction of sp³-hybridized carbons (Fsp3) is 0.333. The van der Waals surface area contributed by atoms with E-state index in [9.17, 15) is 9.59 Å². The first-order chi connectivity index (χ1) is 15.9. The third-order valence-electron chi connectivity index (χ3n) is 6.01. The van der Waals surface area contributed by atoms with Crippen LogP contribution in [0.1, 0.15) is 52.0 Å². The van der Waals surface area contributed by atoms with Crippen molar-refractivity contribution in [2.75, 3.05) is 18.9 Å². The lowest BCUT2D eigenvalue weighted by Gasteiger charge is -2.26.